The first-order valence-corrected chi connectivity index (χ1v) is 12.1. The Morgan fingerprint density at radius 2 is 1.43 bits per heavy atom. The Balaban J connectivity index is 2.31. The Bertz CT molecular complexity index is 696. The van der Waals surface area contributed by atoms with E-state index in [4.69, 9.17) is 21.1 Å². The van der Waals surface area contributed by atoms with Crippen molar-refractivity contribution in [2.45, 2.75) is 72.8 Å². The van der Waals surface area contributed by atoms with E-state index in [-0.39, 0.29) is 0 Å². The highest BCUT2D eigenvalue weighted by Gasteiger charge is 2.17. The molecule has 0 N–H and O–H groups in total. The van der Waals surface area contributed by atoms with Crippen molar-refractivity contribution >= 4 is 11.6 Å². The van der Waals surface area contributed by atoms with Gasteiger partial charge in [-0.3, -0.25) is 0 Å². The summed E-state index contributed by atoms with van der Waals surface area (Å²) in [6.45, 7) is 10.4. The lowest BCUT2D eigenvalue weighted by Gasteiger charge is -2.21. The van der Waals surface area contributed by atoms with E-state index in [0.717, 1.165) is 56.6 Å². The van der Waals surface area contributed by atoms with Crippen molar-refractivity contribution in [3.8, 4) is 11.5 Å². The second-order valence-corrected chi connectivity index (χ2v) is 8.90. The second-order valence-electron chi connectivity index (χ2n) is 8.52. The van der Waals surface area contributed by atoms with Crippen LogP contribution in [0.3, 0.4) is 0 Å². The Kier molecular flexibility index (Phi) is 11.1. The highest BCUT2D eigenvalue weighted by molar-refractivity contribution is 6.17. The first kappa shape index (κ1) is 24.6. The molecule has 2 atom stereocenters. The van der Waals surface area contributed by atoms with Crippen LogP contribution < -0.4 is 9.47 Å². The van der Waals surface area contributed by atoms with Gasteiger partial charge in [-0.2, -0.15) is 0 Å². The van der Waals surface area contributed by atoms with Crippen LogP contribution in [0, 0.1) is 11.8 Å². The van der Waals surface area contributed by atoms with Crippen LogP contribution in [0.15, 0.2) is 42.5 Å². The molecule has 0 amide bonds. The van der Waals surface area contributed by atoms with Gasteiger partial charge < -0.3 is 9.47 Å². The third kappa shape index (κ3) is 8.22. The van der Waals surface area contributed by atoms with E-state index in [1.165, 1.54) is 16.7 Å². The zero-order chi connectivity index (χ0) is 21.8. The van der Waals surface area contributed by atoms with Gasteiger partial charge in [-0.25, -0.2) is 0 Å². The number of hydrogen-bond donors (Lipinski definition) is 0. The normalized spacial score (nSPS) is 13.1. The van der Waals surface area contributed by atoms with Crippen LogP contribution in [-0.4, -0.2) is 12.5 Å². The third-order valence-electron chi connectivity index (χ3n) is 5.77. The van der Waals surface area contributed by atoms with Gasteiger partial charge in [-0.15, -0.1) is 11.6 Å². The molecule has 0 aliphatic rings. The van der Waals surface area contributed by atoms with Crippen molar-refractivity contribution < 1.29 is 9.47 Å². The molecule has 2 nitrogen and oxygen atoms in total. The summed E-state index contributed by atoms with van der Waals surface area (Å²) in [5, 5.41) is 0. The monoisotopic (exact) mass is 430 g/mol. The lowest BCUT2D eigenvalue weighted by atomic mass is 9.92. The van der Waals surface area contributed by atoms with E-state index in [1.54, 1.807) is 0 Å². The number of unbranched alkanes of at least 4 members (excludes halogenated alkanes) is 1. The predicted molar refractivity (Wildman–Crippen MR) is 129 cm³/mol. The molecule has 0 fully saturated rings. The average Bonchev–Trinajstić information content (AvgIpc) is 2.77. The number of ether oxygens (including phenoxy) is 2. The number of benzene rings is 2. The molecule has 0 aliphatic carbocycles. The van der Waals surface area contributed by atoms with Gasteiger partial charge in [-0.05, 0) is 66.3 Å². The van der Waals surface area contributed by atoms with E-state index < -0.39 is 0 Å². The molecule has 0 aromatic heterocycles. The number of hydrogen-bond acceptors (Lipinski definition) is 2. The molecule has 166 valence electrons. The molecule has 0 bridgehead atoms. The SMILES string of the molecule is CCC(C)Cc1cc(OCc2ccccc2)cc(CC(C)CC)c1OCCCCCl. The maximum absolute atomic E-state index is 6.36. The molecule has 30 heavy (non-hydrogen) atoms. The summed E-state index contributed by atoms with van der Waals surface area (Å²) in [6, 6.07) is 14.8. The first-order chi connectivity index (χ1) is 14.6. The van der Waals surface area contributed by atoms with Gasteiger partial charge in [0, 0.05) is 5.88 Å². The van der Waals surface area contributed by atoms with Crippen LogP contribution in [0.2, 0.25) is 0 Å². The Morgan fingerprint density at radius 3 is 1.97 bits per heavy atom. The minimum atomic E-state index is 0.586. The maximum atomic E-state index is 6.36. The highest BCUT2D eigenvalue weighted by atomic mass is 35.5. The molecule has 2 unspecified atom stereocenters. The minimum absolute atomic E-state index is 0.586. The maximum Gasteiger partial charge on any atom is 0.125 e. The molecule has 3 heteroatoms. The molecule has 2 rings (SSSR count). The summed E-state index contributed by atoms with van der Waals surface area (Å²) < 4.78 is 12.6. The standard InChI is InChI=1S/C27H39ClO2/c1-5-21(3)16-24-18-26(30-20-23-12-8-7-9-13-23)19-25(17-22(4)6-2)27(24)29-15-11-10-14-28/h7-9,12-13,18-19,21-22H,5-6,10-11,14-17,20H2,1-4H3. The Labute approximate surface area is 188 Å². The molecule has 0 aliphatic heterocycles. The van der Waals surface area contributed by atoms with Gasteiger partial charge in [0.25, 0.3) is 0 Å². The molecule has 0 saturated carbocycles. The smallest absolute Gasteiger partial charge is 0.125 e. The van der Waals surface area contributed by atoms with Crippen molar-refractivity contribution in [2.75, 3.05) is 12.5 Å². The average molecular weight is 431 g/mol. The van der Waals surface area contributed by atoms with E-state index in [1.807, 2.05) is 6.07 Å². The Hall–Kier alpha value is -1.67. The molecule has 0 heterocycles. The fourth-order valence-electron chi connectivity index (χ4n) is 3.45. The molecule has 2 aromatic carbocycles. The van der Waals surface area contributed by atoms with Gasteiger partial charge in [0.1, 0.15) is 18.1 Å². The quantitative estimate of drug-likeness (QED) is 0.224. The van der Waals surface area contributed by atoms with Crippen molar-refractivity contribution in [2.24, 2.45) is 11.8 Å². The van der Waals surface area contributed by atoms with Gasteiger partial charge in [-0.1, -0.05) is 70.9 Å². The van der Waals surface area contributed by atoms with Crippen LogP contribution in [0.1, 0.15) is 70.1 Å². The molecule has 0 saturated heterocycles. The minimum Gasteiger partial charge on any atom is -0.493 e. The van der Waals surface area contributed by atoms with E-state index in [9.17, 15) is 0 Å². The van der Waals surface area contributed by atoms with Crippen molar-refractivity contribution in [3.05, 3.63) is 59.2 Å². The topological polar surface area (TPSA) is 18.5 Å². The summed E-state index contributed by atoms with van der Waals surface area (Å²) in [4.78, 5) is 0. The van der Waals surface area contributed by atoms with Crippen LogP contribution in [-0.2, 0) is 19.4 Å². The number of alkyl halides is 1. The van der Waals surface area contributed by atoms with Crippen molar-refractivity contribution in [1.82, 2.24) is 0 Å². The molecule has 2 aromatic rings. The van der Waals surface area contributed by atoms with Gasteiger partial charge in [0.15, 0.2) is 0 Å². The summed E-state index contributed by atoms with van der Waals surface area (Å²) in [5.74, 6) is 3.93. The van der Waals surface area contributed by atoms with Gasteiger partial charge >= 0.3 is 0 Å². The van der Waals surface area contributed by atoms with Crippen molar-refractivity contribution in [1.29, 1.82) is 0 Å². The summed E-state index contributed by atoms with van der Waals surface area (Å²) in [5.41, 5.74) is 3.74. The van der Waals surface area contributed by atoms with E-state index in [0.29, 0.717) is 24.3 Å². The summed E-state index contributed by atoms with van der Waals surface area (Å²) in [7, 11) is 0. The number of halogens is 1. The van der Waals surface area contributed by atoms with Crippen LogP contribution in [0.25, 0.3) is 0 Å². The summed E-state index contributed by atoms with van der Waals surface area (Å²) in [6.07, 6.45) is 6.31. The van der Waals surface area contributed by atoms with Crippen LogP contribution in [0.5, 0.6) is 11.5 Å². The number of rotatable bonds is 14. The second kappa shape index (κ2) is 13.6. The fraction of sp³-hybridized carbons (Fsp3) is 0.556. The lowest BCUT2D eigenvalue weighted by molar-refractivity contribution is 0.291. The Morgan fingerprint density at radius 1 is 0.833 bits per heavy atom. The first-order valence-electron chi connectivity index (χ1n) is 11.6. The van der Waals surface area contributed by atoms with E-state index >= 15 is 0 Å². The molecular formula is C27H39ClO2. The third-order valence-corrected chi connectivity index (χ3v) is 6.04. The van der Waals surface area contributed by atoms with Crippen LogP contribution >= 0.6 is 11.6 Å². The lowest BCUT2D eigenvalue weighted by Crippen LogP contribution is -2.10. The molecule has 0 radical (unpaired) electrons. The summed E-state index contributed by atoms with van der Waals surface area (Å²) >= 11 is 5.86. The largest absolute Gasteiger partial charge is 0.493 e. The van der Waals surface area contributed by atoms with Crippen LogP contribution in [0.4, 0.5) is 0 Å². The fourth-order valence-corrected chi connectivity index (χ4v) is 3.63. The zero-order valence-corrected chi connectivity index (χ0v) is 20.0. The van der Waals surface area contributed by atoms with Gasteiger partial charge in [0.05, 0.1) is 6.61 Å². The highest BCUT2D eigenvalue weighted by Crippen LogP contribution is 2.34. The molecule has 0 spiro atoms. The van der Waals surface area contributed by atoms with Gasteiger partial charge in [0.2, 0.25) is 0 Å². The zero-order valence-electron chi connectivity index (χ0n) is 19.3. The van der Waals surface area contributed by atoms with E-state index in [2.05, 4.69) is 64.1 Å². The molecular weight excluding hydrogens is 392 g/mol. The van der Waals surface area contributed by atoms with Crippen molar-refractivity contribution in [3.63, 3.8) is 0 Å². The predicted octanol–water partition coefficient (Wildman–Crippen LogP) is 7.84.